The molecular weight excluding hydrogens is 442 g/mol. The van der Waals surface area contributed by atoms with Gasteiger partial charge in [-0.25, -0.2) is 0 Å². The van der Waals surface area contributed by atoms with Gasteiger partial charge in [0.15, 0.2) is 0 Å². The van der Waals surface area contributed by atoms with Crippen molar-refractivity contribution in [1.82, 2.24) is 14.7 Å². The summed E-state index contributed by atoms with van der Waals surface area (Å²) in [4.78, 5) is 33.0. The lowest BCUT2D eigenvalue weighted by atomic mass is 10.2. The van der Waals surface area contributed by atoms with E-state index in [1.165, 1.54) is 17.3 Å². The third kappa shape index (κ3) is 6.06. The summed E-state index contributed by atoms with van der Waals surface area (Å²) in [5.41, 5.74) is 1.94. The molecule has 0 atom stereocenters. The molecule has 2 aromatic carbocycles. The quantitative estimate of drug-likeness (QED) is 0.585. The van der Waals surface area contributed by atoms with Gasteiger partial charge in [0.25, 0.3) is 5.91 Å². The van der Waals surface area contributed by atoms with Crippen LogP contribution in [-0.4, -0.2) is 71.5 Å². The Morgan fingerprint density at radius 3 is 2.31 bits per heavy atom. The molecule has 2 aromatic rings. The number of benzene rings is 2. The first-order chi connectivity index (χ1) is 15.6. The van der Waals surface area contributed by atoms with Crippen LogP contribution in [0.5, 0.6) is 0 Å². The van der Waals surface area contributed by atoms with E-state index in [0.29, 0.717) is 17.9 Å². The number of thioether (sulfide) groups is 1. The molecular formula is C25H30ClN3O2S. The Kier molecular flexibility index (Phi) is 8.11. The molecule has 0 spiro atoms. The highest BCUT2D eigenvalue weighted by molar-refractivity contribution is 8.00. The van der Waals surface area contributed by atoms with Crippen LogP contribution < -0.4 is 0 Å². The molecule has 0 saturated carbocycles. The summed E-state index contributed by atoms with van der Waals surface area (Å²) < 4.78 is 0. The Bertz CT molecular complexity index is 931. The second-order valence-electron chi connectivity index (χ2n) is 8.42. The smallest absolute Gasteiger partial charge is 0.255 e. The van der Waals surface area contributed by atoms with Crippen LogP contribution in [0.15, 0.2) is 53.4 Å². The minimum Gasteiger partial charge on any atom is -0.342 e. The van der Waals surface area contributed by atoms with Crippen molar-refractivity contribution < 1.29 is 9.59 Å². The molecule has 2 amide bonds. The third-order valence-electron chi connectivity index (χ3n) is 6.12. The largest absolute Gasteiger partial charge is 0.342 e. The predicted molar refractivity (Wildman–Crippen MR) is 130 cm³/mol. The average Bonchev–Trinajstić information content (AvgIpc) is 3.26. The van der Waals surface area contributed by atoms with Crippen molar-refractivity contribution in [3.05, 3.63) is 64.7 Å². The normalized spacial score (nSPS) is 17.4. The lowest BCUT2D eigenvalue weighted by Gasteiger charge is -2.23. The topological polar surface area (TPSA) is 43.9 Å². The number of likely N-dealkylation sites (tertiary alicyclic amines) is 1. The standard InChI is InChI=1S/C25H30ClN3O2S/c26-21-10-8-20(9-11-21)18-27-12-5-15-29(17-16-27)25(31)22-6-1-2-7-23(22)32-19-24(30)28-13-3-4-14-28/h1-2,6-11H,3-5,12-19H2. The molecule has 0 unspecified atom stereocenters. The lowest BCUT2D eigenvalue weighted by molar-refractivity contribution is -0.127. The van der Waals surface area contributed by atoms with Crippen LogP contribution in [0, 0.1) is 0 Å². The van der Waals surface area contributed by atoms with E-state index in [2.05, 4.69) is 17.0 Å². The molecule has 0 N–H and O–H groups in total. The van der Waals surface area contributed by atoms with E-state index < -0.39 is 0 Å². The molecule has 2 aliphatic rings. The molecule has 32 heavy (non-hydrogen) atoms. The van der Waals surface area contributed by atoms with Crippen LogP contribution >= 0.6 is 23.4 Å². The third-order valence-corrected chi connectivity index (χ3v) is 7.43. The van der Waals surface area contributed by atoms with E-state index >= 15 is 0 Å². The number of amides is 2. The highest BCUT2D eigenvalue weighted by atomic mass is 35.5. The Morgan fingerprint density at radius 1 is 0.812 bits per heavy atom. The van der Waals surface area contributed by atoms with E-state index in [9.17, 15) is 9.59 Å². The summed E-state index contributed by atoms with van der Waals surface area (Å²) in [6.07, 6.45) is 3.13. The number of carbonyl (C=O) groups excluding carboxylic acids is 2. The number of hydrogen-bond donors (Lipinski definition) is 0. The Hall–Kier alpha value is -2.02. The maximum absolute atomic E-state index is 13.4. The Labute approximate surface area is 199 Å². The Balaban J connectivity index is 1.35. The molecule has 0 radical (unpaired) electrons. The maximum Gasteiger partial charge on any atom is 0.255 e. The van der Waals surface area contributed by atoms with Crippen molar-refractivity contribution in [3.63, 3.8) is 0 Å². The second-order valence-corrected chi connectivity index (χ2v) is 9.87. The van der Waals surface area contributed by atoms with Gasteiger partial charge in [0.2, 0.25) is 5.91 Å². The average molecular weight is 472 g/mol. The minimum atomic E-state index is 0.0649. The van der Waals surface area contributed by atoms with Gasteiger partial charge in [-0.2, -0.15) is 0 Å². The molecule has 2 saturated heterocycles. The van der Waals surface area contributed by atoms with E-state index in [-0.39, 0.29) is 11.8 Å². The van der Waals surface area contributed by atoms with Crippen molar-refractivity contribution >= 4 is 35.2 Å². The minimum absolute atomic E-state index is 0.0649. The maximum atomic E-state index is 13.4. The summed E-state index contributed by atoms with van der Waals surface area (Å²) in [5, 5.41) is 0.750. The first-order valence-electron chi connectivity index (χ1n) is 11.4. The molecule has 170 valence electrons. The van der Waals surface area contributed by atoms with Crippen LogP contribution in [0.1, 0.15) is 35.2 Å². The zero-order valence-corrected chi connectivity index (χ0v) is 19.9. The van der Waals surface area contributed by atoms with Crippen molar-refractivity contribution in [1.29, 1.82) is 0 Å². The molecule has 2 fully saturated rings. The zero-order chi connectivity index (χ0) is 22.3. The van der Waals surface area contributed by atoms with Gasteiger partial charge >= 0.3 is 0 Å². The van der Waals surface area contributed by atoms with Gasteiger partial charge in [-0.05, 0) is 49.1 Å². The van der Waals surface area contributed by atoms with Crippen LogP contribution in [0.25, 0.3) is 0 Å². The second kappa shape index (κ2) is 11.2. The molecule has 7 heteroatoms. The van der Waals surface area contributed by atoms with E-state index in [4.69, 9.17) is 11.6 Å². The van der Waals surface area contributed by atoms with Crippen molar-refractivity contribution in [2.24, 2.45) is 0 Å². The van der Waals surface area contributed by atoms with Gasteiger partial charge in [0, 0.05) is 55.7 Å². The van der Waals surface area contributed by atoms with Gasteiger partial charge in [0.1, 0.15) is 0 Å². The van der Waals surface area contributed by atoms with E-state index in [0.717, 1.165) is 68.4 Å². The number of halogens is 1. The van der Waals surface area contributed by atoms with Crippen LogP contribution in [0.2, 0.25) is 5.02 Å². The molecule has 0 aliphatic carbocycles. The van der Waals surface area contributed by atoms with Crippen molar-refractivity contribution in [2.75, 3.05) is 45.0 Å². The van der Waals surface area contributed by atoms with Crippen molar-refractivity contribution in [3.8, 4) is 0 Å². The van der Waals surface area contributed by atoms with Gasteiger partial charge in [-0.1, -0.05) is 35.9 Å². The predicted octanol–water partition coefficient (Wildman–Crippen LogP) is 4.40. The van der Waals surface area contributed by atoms with Gasteiger partial charge in [-0.15, -0.1) is 11.8 Å². The van der Waals surface area contributed by atoms with Gasteiger partial charge in [-0.3, -0.25) is 14.5 Å². The number of rotatable bonds is 6. The van der Waals surface area contributed by atoms with Gasteiger partial charge in [0.05, 0.1) is 11.3 Å². The molecule has 0 aromatic heterocycles. The van der Waals surface area contributed by atoms with E-state index in [1.807, 2.05) is 46.2 Å². The van der Waals surface area contributed by atoms with Gasteiger partial charge < -0.3 is 9.80 Å². The highest BCUT2D eigenvalue weighted by Crippen LogP contribution is 2.25. The summed E-state index contributed by atoms with van der Waals surface area (Å²) in [7, 11) is 0. The number of carbonyl (C=O) groups is 2. The molecule has 2 aliphatic heterocycles. The SMILES string of the molecule is O=C(CSc1ccccc1C(=O)N1CCCN(Cc2ccc(Cl)cc2)CC1)N1CCCC1. The fourth-order valence-corrected chi connectivity index (χ4v) is 5.39. The number of hydrogen-bond acceptors (Lipinski definition) is 4. The highest BCUT2D eigenvalue weighted by Gasteiger charge is 2.23. The van der Waals surface area contributed by atoms with Crippen LogP contribution in [0.3, 0.4) is 0 Å². The Morgan fingerprint density at radius 2 is 1.53 bits per heavy atom. The number of nitrogens with zero attached hydrogens (tertiary/aromatic N) is 3. The van der Waals surface area contributed by atoms with Crippen LogP contribution in [-0.2, 0) is 11.3 Å². The first-order valence-corrected chi connectivity index (χ1v) is 12.7. The molecule has 2 heterocycles. The van der Waals surface area contributed by atoms with E-state index in [1.54, 1.807) is 0 Å². The first kappa shape index (κ1) is 23.1. The fourth-order valence-electron chi connectivity index (χ4n) is 4.32. The summed E-state index contributed by atoms with van der Waals surface area (Å²) in [5.74, 6) is 0.622. The summed E-state index contributed by atoms with van der Waals surface area (Å²) in [6.45, 7) is 5.86. The summed E-state index contributed by atoms with van der Waals surface area (Å²) >= 11 is 7.48. The molecule has 5 nitrogen and oxygen atoms in total. The fraction of sp³-hybridized carbons (Fsp3) is 0.440. The zero-order valence-electron chi connectivity index (χ0n) is 18.3. The molecule has 4 rings (SSSR count). The monoisotopic (exact) mass is 471 g/mol. The summed E-state index contributed by atoms with van der Waals surface area (Å²) in [6, 6.07) is 15.7. The van der Waals surface area contributed by atoms with Crippen molar-refractivity contribution in [2.45, 2.75) is 30.7 Å². The lowest BCUT2D eigenvalue weighted by Crippen LogP contribution is -2.35. The molecule has 0 bridgehead atoms. The van der Waals surface area contributed by atoms with Crippen LogP contribution in [0.4, 0.5) is 0 Å².